The molecule has 0 heterocycles. The summed E-state index contributed by atoms with van der Waals surface area (Å²) in [5, 5.41) is 3.80. The van der Waals surface area contributed by atoms with Gasteiger partial charge in [-0.25, -0.2) is 0 Å². The molecule has 1 N–H and O–H groups in total. The normalized spacial score (nSPS) is 17.5. The average molecular weight is 520 g/mol. The summed E-state index contributed by atoms with van der Waals surface area (Å²) in [7, 11) is 0. The number of allylic oxidation sites excluding steroid dienone is 2. The summed E-state index contributed by atoms with van der Waals surface area (Å²) in [5.74, 6) is -0.416. The van der Waals surface area contributed by atoms with Crippen molar-refractivity contribution in [3.63, 3.8) is 0 Å². The van der Waals surface area contributed by atoms with Crippen LogP contribution in [-0.2, 0) is 9.47 Å². The zero-order chi connectivity index (χ0) is 28.8. The molecule has 1 saturated carbocycles. The summed E-state index contributed by atoms with van der Waals surface area (Å²) in [4.78, 5) is 0. The maximum Gasteiger partial charge on any atom is 0.168 e. The number of hydrogen-bond donors (Lipinski definition) is 1. The van der Waals surface area contributed by atoms with Gasteiger partial charge in [-0.1, -0.05) is 87.3 Å². The van der Waals surface area contributed by atoms with E-state index in [4.69, 9.17) is 9.47 Å². The molecule has 37 heavy (non-hydrogen) atoms. The SMILES string of the molecule is C=C(C)CC(C)(C)C(C)(C)CC(=C)NC(C)(C)CC(C)(C)COC1(OCC(C)(C)CCC)CCCCC1. The quantitative estimate of drug-likeness (QED) is 0.153. The number of ether oxygens (including phenoxy) is 2. The van der Waals surface area contributed by atoms with Crippen molar-refractivity contribution in [2.45, 2.75) is 159 Å². The van der Waals surface area contributed by atoms with Crippen LogP contribution in [0.4, 0.5) is 0 Å². The van der Waals surface area contributed by atoms with Crippen LogP contribution in [0.15, 0.2) is 24.4 Å². The molecule has 0 atom stereocenters. The van der Waals surface area contributed by atoms with E-state index in [2.05, 4.69) is 102 Å². The summed E-state index contributed by atoms with van der Waals surface area (Å²) in [6.45, 7) is 37.8. The second-order valence-corrected chi connectivity index (χ2v) is 16.0. The summed E-state index contributed by atoms with van der Waals surface area (Å²) in [6.07, 6.45) is 11.0. The van der Waals surface area contributed by atoms with E-state index < -0.39 is 5.79 Å². The number of rotatable bonds is 17. The first-order valence-electron chi connectivity index (χ1n) is 15.0. The molecule has 0 bridgehead atoms. The third-order valence-corrected chi connectivity index (χ3v) is 8.66. The molecule has 0 aromatic heterocycles. The summed E-state index contributed by atoms with van der Waals surface area (Å²) in [5.41, 5.74) is 2.75. The van der Waals surface area contributed by atoms with Crippen LogP contribution in [0.25, 0.3) is 0 Å². The van der Waals surface area contributed by atoms with Crippen LogP contribution in [0.5, 0.6) is 0 Å². The van der Waals surface area contributed by atoms with Gasteiger partial charge in [-0.05, 0) is 81.0 Å². The van der Waals surface area contributed by atoms with Crippen LogP contribution < -0.4 is 5.32 Å². The molecular formula is C34H65NO2. The molecular weight excluding hydrogens is 454 g/mol. The van der Waals surface area contributed by atoms with Gasteiger partial charge in [-0.2, -0.15) is 0 Å². The summed E-state index contributed by atoms with van der Waals surface area (Å²) in [6, 6.07) is 0. The van der Waals surface area contributed by atoms with Gasteiger partial charge >= 0.3 is 0 Å². The minimum atomic E-state index is -0.416. The summed E-state index contributed by atoms with van der Waals surface area (Å²) >= 11 is 0. The van der Waals surface area contributed by atoms with Gasteiger partial charge in [0.2, 0.25) is 0 Å². The van der Waals surface area contributed by atoms with Crippen LogP contribution in [-0.4, -0.2) is 24.5 Å². The van der Waals surface area contributed by atoms with Crippen LogP contribution in [0.1, 0.15) is 147 Å². The number of nitrogens with one attached hydrogen (secondary N) is 1. The fraction of sp³-hybridized carbons (Fsp3) is 0.882. The smallest absolute Gasteiger partial charge is 0.168 e. The average Bonchev–Trinajstić information content (AvgIpc) is 2.69. The van der Waals surface area contributed by atoms with Crippen LogP contribution in [0.2, 0.25) is 0 Å². The maximum absolute atomic E-state index is 6.74. The van der Waals surface area contributed by atoms with Crippen LogP contribution in [0, 0.1) is 21.7 Å². The molecule has 0 aliphatic heterocycles. The number of hydrogen-bond acceptors (Lipinski definition) is 3. The molecule has 0 saturated heterocycles. The first kappa shape index (κ1) is 34.2. The third-order valence-electron chi connectivity index (χ3n) is 8.66. The predicted octanol–water partition coefficient (Wildman–Crippen LogP) is 10.2. The fourth-order valence-electron chi connectivity index (χ4n) is 6.40. The van der Waals surface area contributed by atoms with Gasteiger partial charge in [-0.3, -0.25) is 0 Å². The standard InChI is InChI=1S/C34H65NO2/c1-15-19-29(5,6)25-36-34(20-17-16-18-21-34)37-26-30(7,8)24-33(13,14)35-28(4)23-32(11,12)31(9,10)22-27(2)3/h35H,2,4,15-26H2,1,3,5-14H3. The van der Waals surface area contributed by atoms with Crippen molar-refractivity contribution >= 4 is 0 Å². The Morgan fingerprint density at radius 2 is 1.24 bits per heavy atom. The molecule has 0 aromatic carbocycles. The van der Waals surface area contributed by atoms with Gasteiger partial charge in [-0.15, -0.1) is 6.58 Å². The molecule has 0 unspecified atom stereocenters. The first-order valence-corrected chi connectivity index (χ1v) is 15.0. The highest BCUT2D eigenvalue weighted by Crippen LogP contribution is 2.47. The van der Waals surface area contributed by atoms with E-state index in [1.807, 2.05) is 0 Å². The Bertz CT molecular complexity index is 735. The van der Waals surface area contributed by atoms with E-state index >= 15 is 0 Å². The fourth-order valence-corrected chi connectivity index (χ4v) is 6.40. The Balaban J connectivity index is 2.79. The van der Waals surface area contributed by atoms with Crippen molar-refractivity contribution < 1.29 is 9.47 Å². The Labute approximate surface area is 232 Å². The van der Waals surface area contributed by atoms with Crippen molar-refractivity contribution in [1.82, 2.24) is 5.32 Å². The van der Waals surface area contributed by atoms with E-state index in [0.717, 1.165) is 44.4 Å². The largest absolute Gasteiger partial charge is 0.384 e. The van der Waals surface area contributed by atoms with Crippen molar-refractivity contribution in [2.75, 3.05) is 13.2 Å². The highest BCUT2D eigenvalue weighted by atomic mass is 16.7. The van der Waals surface area contributed by atoms with Crippen molar-refractivity contribution in [1.29, 1.82) is 0 Å². The first-order chi connectivity index (χ1) is 16.7. The second-order valence-electron chi connectivity index (χ2n) is 16.0. The van der Waals surface area contributed by atoms with Crippen molar-refractivity contribution in [2.24, 2.45) is 21.7 Å². The lowest BCUT2D eigenvalue weighted by atomic mass is 9.63. The van der Waals surface area contributed by atoms with Gasteiger partial charge in [0.1, 0.15) is 0 Å². The molecule has 0 aromatic rings. The van der Waals surface area contributed by atoms with Gasteiger partial charge in [0.05, 0.1) is 13.2 Å². The van der Waals surface area contributed by atoms with Gasteiger partial charge in [0.15, 0.2) is 5.79 Å². The Morgan fingerprint density at radius 1 is 0.757 bits per heavy atom. The molecule has 0 amide bonds. The maximum atomic E-state index is 6.74. The van der Waals surface area contributed by atoms with Gasteiger partial charge < -0.3 is 14.8 Å². The molecule has 1 aliphatic carbocycles. The topological polar surface area (TPSA) is 30.5 Å². The Morgan fingerprint density at radius 3 is 1.73 bits per heavy atom. The van der Waals surface area contributed by atoms with Crippen LogP contribution >= 0.6 is 0 Å². The van der Waals surface area contributed by atoms with E-state index in [9.17, 15) is 0 Å². The van der Waals surface area contributed by atoms with Crippen molar-refractivity contribution in [3.05, 3.63) is 24.4 Å². The van der Waals surface area contributed by atoms with Crippen molar-refractivity contribution in [3.8, 4) is 0 Å². The lowest BCUT2D eigenvalue weighted by Crippen LogP contribution is -2.47. The van der Waals surface area contributed by atoms with E-state index in [0.29, 0.717) is 6.61 Å². The third kappa shape index (κ3) is 11.9. The highest BCUT2D eigenvalue weighted by molar-refractivity contribution is 5.07. The van der Waals surface area contributed by atoms with Crippen LogP contribution in [0.3, 0.4) is 0 Å². The lowest BCUT2D eigenvalue weighted by molar-refractivity contribution is -0.272. The summed E-state index contributed by atoms with van der Waals surface area (Å²) < 4.78 is 13.4. The second kappa shape index (κ2) is 13.0. The molecule has 3 heteroatoms. The Kier molecular flexibility index (Phi) is 12.1. The minimum Gasteiger partial charge on any atom is -0.384 e. The van der Waals surface area contributed by atoms with E-state index in [1.54, 1.807) is 0 Å². The van der Waals surface area contributed by atoms with E-state index in [1.165, 1.54) is 37.7 Å². The molecule has 0 radical (unpaired) electrons. The molecule has 3 nitrogen and oxygen atoms in total. The zero-order valence-corrected chi connectivity index (χ0v) is 27.2. The van der Waals surface area contributed by atoms with Gasteiger partial charge in [0.25, 0.3) is 0 Å². The molecule has 1 fully saturated rings. The Hall–Kier alpha value is -0.800. The molecule has 0 spiro atoms. The minimum absolute atomic E-state index is 0.0122. The van der Waals surface area contributed by atoms with Gasteiger partial charge in [0, 0.05) is 24.1 Å². The molecule has 1 rings (SSSR count). The molecule has 218 valence electrons. The lowest BCUT2D eigenvalue weighted by Gasteiger charge is -2.45. The molecule has 1 aliphatic rings. The monoisotopic (exact) mass is 520 g/mol. The highest BCUT2D eigenvalue weighted by Gasteiger charge is 2.40. The predicted molar refractivity (Wildman–Crippen MR) is 163 cm³/mol. The van der Waals surface area contributed by atoms with E-state index in [-0.39, 0.29) is 27.2 Å². The zero-order valence-electron chi connectivity index (χ0n) is 27.2.